The highest BCUT2D eigenvalue weighted by Crippen LogP contribution is 2.34. The number of nitrogens with zero attached hydrogens (tertiary/aromatic N) is 1. The van der Waals surface area contributed by atoms with E-state index in [4.69, 9.17) is 21.1 Å². The maximum Gasteiger partial charge on any atom is 0.416 e. The molecule has 5 nitrogen and oxygen atoms in total. The lowest BCUT2D eigenvalue weighted by Gasteiger charge is -2.14. The second-order valence-electron chi connectivity index (χ2n) is 6.69. The lowest BCUT2D eigenvalue weighted by Crippen LogP contribution is -2.18. The first-order chi connectivity index (χ1) is 15.7. The molecule has 0 saturated heterocycles. The number of ether oxygens (including phenoxy) is 2. The van der Waals surface area contributed by atoms with Gasteiger partial charge in [-0.3, -0.25) is 4.79 Å². The van der Waals surface area contributed by atoms with E-state index in [0.29, 0.717) is 22.1 Å². The Labute approximate surface area is 206 Å². The van der Waals surface area contributed by atoms with E-state index >= 15 is 0 Å². The minimum Gasteiger partial charge on any atom is -0.493 e. The minimum absolute atomic E-state index is 0.155. The SMILES string of the molecule is COc1cc(/C=N\NC(=O)c2cccc(C(F)(F)F)c2)cc(I)c1OCc1ccccc1Cl. The molecule has 0 aliphatic rings. The van der Waals surface area contributed by atoms with Crippen LogP contribution in [0.15, 0.2) is 65.8 Å². The Balaban J connectivity index is 1.70. The van der Waals surface area contributed by atoms with E-state index in [1.54, 1.807) is 18.2 Å². The van der Waals surface area contributed by atoms with Crippen LogP contribution in [-0.4, -0.2) is 19.2 Å². The molecule has 0 fully saturated rings. The van der Waals surface area contributed by atoms with Gasteiger partial charge in [-0.15, -0.1) is 0 Å². The number of alkyl halides is 3. The number of carbonyl (C=O) groups is 1. The van der Waals surface area contributed by atoms with Crippen LogP contribution in [0.3, 0.4) is 0 Å². The van der Waals surface area contributed by atoms with Gasteiger partial charge in [0.05, 0.1) is 22.5 Å². The van der Waals surface area contributed by atoms with Crippen molar-refractivity contribution < 1.29 is 27.4 Å². The molecule has 10 heteroatoms. The molecule has 1 amide bonds. The van der Waals surface area contributed by atoms with Crippen molar-refractivity contribution in [3.8, 4) is 11.5 Å². The fourth-order valence-electron chi connectivity index (χ4n) is 2.79. The summed E-state index contributed by atoms with van der Waals surface area (Å²) >= 11 is 8.24. The van der Waals surface area contributed by atoms with Gasteiger partial charge in [-0.2, -0.15) is 18.3 Å². The molecule has 0 spiro atoms. The van der Waals surface area contributed by atoms with Gasteiger partial charge in [0.1, 0.15) is 6.61 Å². The fourth-order valence-corrected chi connectivity index (χ4v) is 3.76. The Morgan fingerprint density at radius 2 is 1.91 bits per heavy atom. The number of amides is 1. The number of hydrogen-bond acceptors (Lipinski definition) is 4. The van der Waals surface area contributed by atoms with Crippen LogP contribution in [0.4, 0.5) is 13.2 Å². The molecule has 1 N–H and O–H groups in total. The highest BCUT2D eigenvalue weighted by Gasteiger charge is 2.30. The van der Waals surface area contributed by atoms with Crippen LogP contribution in [0.1, 0.15) is 27.0 Å². The smallest absolute Gasteiger partial charge is 0.416 e. The Hall–Kier alpha value is -2.79. The number of hydrogen-bond donors (Lipinski definition) is 1. The molecule has 0 aliphatic carbocycles. The number of hydrazone groups is 1. The molecule has 3 rings (SSSR count). The zero-order valence-electron chi connectivity index (χ0n) is 17.1. The molecule has 0 unspecified atom stereocenters. The number of benzene rings is 3. The maximum absolute atomic E-state index is 12.8. The van der Waals surface area contributed by atoms with Gasteiger partial charge in [0.2, 0.25) is 0 Å². The van der Waals surface area contributed by atoms with E-state index in [-0.39, 0.29) is 12.2 Å². The van der Waals surface area contributed by atoms with Crippen molar-refractivity contribution in [2.75, 3.05) is 7.11 Å². The predicted octanol–water partition coefficient (Wildman–Crippen LogP) is 6.31. The molecule has 0 radical (unpaired) electrons. The van der Waals surface area contributed by atoms with Gasteiger partial charge < -0.3 is 9.47 Å². The highest BCUT2D eigenvalue weighted by molar-refractivity contribution is 14.1. The number of nitrogens with one attached hydrogen (secondary N) is 1. The quantitative estimate of drug-likeness (QED) is 0.200. The van der Waals surface area contributed by atoms with Crippen LogP contribution in [-0.2, 0) is 12.8 Å². The molecule has 3 aromatic carbocycles. The van der Waals surface area contributed by atoms with Crippen LogP contribution >= 0.6 is 34.2 Å². The Morgan fingerprint density at radius 3 is 2.61 bits per heavy atom. The van der Waals surface area contributed by atoms with Crippen molar-refractivity contribution in [3.63, 3.8) is 0 Å². The largest absolute Gasteiger partial charge is 0.493 e. The van der Waals surface area contributed by atoms with Crippen LogP contribution in [0.25, 0.3) is 0 Å². The van der Waals surface area contributed by atoms with Crippen LogP contribution in [0.2, 0.25) is 5.02 Å². The van der Waals surface area contributed by atoms with Crippen molar-refractivity contribution in [2.45, 2.75) is 12.8 Å². The first-order valence-electron chi connectivity index (χ1n) is 9.43. The third-order valence-corrected chi connectivity index (χ3v) is 5.58. The van der Waals surface area contributed by atoms with Gasteiger partial charge in [0, 0.05) is 16.1 Å². The molecule has 0 atom stereocenters. The topological polar surface area (TPSA) is 59.9 Å². The first-order valence-corrected chi connectivity index (χ1v) is 10.9. The monoisotopic (exact) mass is 588 g/mol. The summed E-state index contributed by atoms with van der Waals surface area (Å²) in [5, 5.41) is 4.43. The molecule has 0 bridgehead atoms. The van der Waals surface area contributed by atoms with Gasteiger partial charge in [0.25, 0.3) is 5.91 Å². The Morgan fingerprint density at radius 1 is 1.15 bits per heavy atom. The molecule has 3 aromatic rings. The maximum atomic E-state index is 12.8. The molecular weight excluding hydrogens is 572 g/mol. The van der Waals surface area contributed by atoms with E-state index in [0.717, 1.165) is 27.3 Å². The van der Waals surface area contributed by atoms with Crippen LogP contribution in [0.5, 0.6) is 11.5 Å². The normalized spacial score (nSPS) is 11.5. The second kappa shape index (κ2) is 10.9. The van der Waals surface area contributed by atoms with Gasteiger partial charge in [0.15, 0.2) is 11.5 Å². The molecule has 0 heterocycles. The first kappa shape index (κ1) is 24.8. The minimum atomic E-state index is -4.54. The van der Waals surface area contributed by atoms with Gasteiger partial charge in [-0.25, -0.2) is 5.43 Å². The zero-order chi connectivity index (χ0) is 24.0. The summed E-state index contributed by atoms with van der Waals surface area (Å²) in [5.41, 5.74) is 2.57. The summed E-state index contributed by atoms with van der Waals surface area (Å²) in [4.78, 5) is 12.2. The van der Waals surface area contributed by atoms with Gasteiger partial charge in [-0.1, -0.05) is 35.9 Å². The summed E-state index contributed by atoms with van der Waals surface area (Å²) in [6.45, 7) is 0.243. The van der Waals surface area contributed by atoms with E-state index in [2.05, 4.69) is 33.1 Å². The predicted molar refractivity (Wildman–Crippen MR) is 128 cm³/mol. The van der Waals surface area contributed by atoms with E-state index < -0.39 is 17.6 Å². The van der Waals surface area contributed by atoms with E-state index in [9.17, 15) is 18.0 Å². The van der Waals surface area contributed by atoms with Crippen molar-refractivity contribution in [1.82, 2.24) is 5.43 Å². The lowest BCUT2D eigenvalue weighted by molar-refractivity contribution is -0.137. The number of halogens is 5. The molecular formula is C23H17ClF3IN2O3. The standard InChI is InChI=1S/C23H17ClF3IN2O3/c1-32-20-10-14(9-19(28)21(20)33-13-16-5-2-3-8-18(16)24)12-29-30-22(31)15-6-4-7-17(11-15)23(25,26)27/h2-12H,13H2,1H3,(H,30,31)/b29-12-. The molecule has 33 heavy (non-hydrogen) atoms. The molecule has 0 saturated carbocycles. The van der Waals surface area contributed by atoms with Crippen molar-refractivity contribution in [2.24, 2.45) is 5.10 Å². The number of carbonyl (C=O) groups excluding carboxylic acids is 1. The zero-order valence-corrected chi connectivity index (χ0v) is 20.0. The summed E-state index contributed by atoms with van der Waals surface area (Å²) in [5.74, 6) is 0.196. The summed E-state index contributed by atoms with van der Waals surface area (Å²) in [7, 11) is 1.49. The summed E-state index contributed by atoms with van der Waals surface area (Å²) in [6, 6.07) is 14.8. The lowest BCUT2D eigenvalue weighted by atomic mass is 10.1. The molecule has 0 aromatic heterocycles. The Kier molecular flexibility index (Phi) is 8.20. The third kappa shape index (κ3) is 6.61. The van der Waals surface area contributed by atoms with Crippen molar-refractivity contribution in [1.29, 1.82) is 0 Å². The van der Waals surface area contributed by atoms with Crippen LogP contribution in [0, 0.1) is 3.57 Å². The van der Waals surface area contributed by atoms with Gasteiger partial charge >= 0.3 is 6.18 Å². The van der Waals surface area contributed by atoms with Gasteiger partial charge in [-0.05, 0) is 64.6 Å². The van der Waals surface area contributed by atoms with Crippen LogP contribution < -0.4 is 14.9 Å². The molecule has 172 valence electrons. The fraction of sp³-hybridized carbons (Fsp3) is 0.130. The van der Waals surface area contributed by atoms with E-state index in [1.165, 1.54) is 19.4 Å². The Bertz CT molecular complexity index is 1190. The third-order valence-electron chi connectivity index (χ3n) is 4.41. The second-order valence-corrected chi connectivity index (χ2v) is 8.26. The van der Waals surface area contributed by atoms with Crippen molar-refractivity contribution in [3.05, 3.63) is 91.5 Å². The highest BCUT2D eigenvalue weighted by atomic mass is 127. The number of rotatable bonds is 7. The number of methoxy groups -OCH3 is 1. The van der Waals surface area contributed by atoms with Crippen molar-refractivity contribution >= 4 is 46.3 Å². The van der Waals surface area contributed by atoms with E-state index in [1.807, 2.05) is 18.2 Å². The average molecular weight is 589 g/mol. The molecule has 0 aliphatic heterocycles. The average Bonchev–Trinajstić information content (AvgIpc) is 2.78. The summed E-state index contributed by atoms with van der Waals surface area (Å²) < 4.78 is 50.5. The summed E-state index contributed by atoms with van der Waals surface area (Å²) in [6.07, 6.45) is -3.18.